The van der Waals surface area contributed by atoms with Crippen molar-refractivity contribution in [3.05, 3.63) is 41.4 Å². The van der Waals surface area contributed by atoms with E-state index in [1.807, 2.05) is 26.2 Å². The maximum absolute atomic E-state index is 5.59. The molecule has 80 valence electrons. The van der Waals surface area contributed by atoms with Crippen LogP contribution >= 0.6 is 0 Å². The minimum absolute atomic E-state index is 0.140. The van der Waals surface area contributed by atoms with Crippen molar-refractivity contribution < 1.29 is 4.74 Å². The fourth-order valence-corrected chi connectivity index (χ4v) is 1.89. The Morgan fingerprint density at radius 2 is 2.40 bits per heavy atom. The van der Waals surface area contributed by atoms with E-state index < -0.39 is 0 Å². The molecule has 2 heterocycles. The van der Waals surface area contributed by atoms with Crippen LogP contribution in [0.1, 0.15) is 23.7 Å². The molecule has 0 radical (unpaired) electrons. The third-order valence-electron chi connectivity index (χ3n) is 2.66. The van der Waals surface area contributed by atoms with Gasteiger partial charge < -0.3 is 10.1 Å². The predicted molar refractivity (Wildman–Crippen MR) is 59.4 cm³/mol. The zero-order valence-electron chi connectivity index (χ0n) is 9.16. The molecule has 1 aliphatic heterocycles. The lowest BCUT2D eigenvalue weighted by molar-refractivity contribution is 0.217. The zero-order chi connectivity index (χ0) is 10.7. The number of hydrogen-bond acceptors (Lipinski definition) is 3. The molecule has 0 fully saturated rings. The van der Waals surface area contributed by atoms with Crippen LogP contribution in [0.15, 0.2) is 30.2 Å². The van der Waals surface area contributed by atoms with Gasteiger partial charge in [0.25, 0.3) is 0 Å². The summed E-state index contributed by atoms with van der Waals surface area (Å²) in [5, 5.41) is 3.27. The molecule has 3 nitrogen and oxygen atoms in total. The average molecular weight is 204 g/mol. The van der Waals surface area contributed by atoms with Gasteiger partial charge in [0.2, 0.25) is 0 Å². The minimum atomic E-state index is 0.140. The Labute approximate surface area is 90.2 Å². The van der Waals surface area contributed by atoms with Gasteiger partial charge in [-0.15, -0.1) is 0 Å². The summed E-state index contributed by atoms with van der Waals surface area (Å²) < 4.78 is 5.59. The fraction of sp³-hybridized carbons (Fsp3) is 0.417. The molecule has 0 saturated carbocycles. The van der Waals surface area contributed by atoms with Crippen molar-refractivity contribution in [3.63, 3.8) is 0 Å². The normalized spacial score (nSPS) is 17.1. The Morgan fingerprint density at radius 3 is 3.00 bits per heavy atom. The number of pyridine rings is 1. The SMILES string of the molecule is CNC(C1=CCCO1)c1cccnc1C. The number of nitrogens with one attached hydrogen (secondary N) is 1. The van der Waals surface area contributed by atoms with Gasteiger partial charge in [-0.3, -0.25) is 4.98 Å². The summed E-state index contributed by atoms with van der Waals surface area (Å²) in [6.07, 6.45) is 4.97. The second-order valence-electron chi connectivity index (χ2n) is 3.64. The van der Waals surface area contributed by atoms with Crippen molar-refractivity contribution >= 4 is 0 Å². The lowest BCUT2D eigenvalue weighted by Gasteiger charge is -2.19. The number of aryl methyl sites for hydroxylation is 1. The molecule has 2 rings (SSSR count). The monoisotopic (exact) mass is 204 g/mol. The van der Waals surface area contributed by atoms with Crippen molar-refractivity contribution in [2.45, 2.75) is 19.4 Å². The first-order valence-electron chi connectivity index (χ1n) is 5.24. The summed E-state index contributed by atoms with van der Waals surface area (Å²) in [5.41, 5.74) is 2.24. The van der Waals surface area contributed by atoms with E-state index in [2.05, 4.69) is 22.4 Å². The Morgan fingerprint density at radius 1 is 1.53 bits per heavy atom. The van der Waals surface area contributed by atoms with Crippen LogP contribution in [-0.4, -0.2) is 18.6 Å². The second-order valence-corrected chi connectivity index (χ2v) is 3.64. The second kappa shape index (κ2) is 4.45. The quantitative estimate of drug-likeness (QED) is 0.817. The summed E-state index contributed by atoms with van der Waals surface area (Å²) in [6.45, 7) is 2.82. The first-order chi connectivity index (χ1) is 7.33. The molecular formula is C12H16N2O. The standard InChI is InChI=1S/C12H16N2O/c1-9-10(5-3-7-14-9)12(13-2)11-6-4-8-15-11/h3,5-7,12-13H,4,8H2,1-2H3. The van der Waals surface area contributed by atoms with Crippen LogP contribution < -0.4 is 5.32 Å². The highest BCUT2D eigenvalue weighted by Gasteiger charge is 2.20. The van der Waals surface area contributed by atoms with E-state index in [0.29, 0.717) is 0 Å². The van der Waals surface area contributed by atoms with Crippen LogP contribution in [0, 0.1) is 6.92 Å². The molecule has 0 spiro atoms. The first kappa shape index (κ1) is 10.2. The van der Waals surface area contributed by atoms with Gasteiger partial charge in [0.15, 0.2) is 0 Å². The number of ether oxygens (including phenoxy) is 1. The average Bonchev–Trinajstić information content (AvgIpc) is 2.75. The number of nitrogens with zero attached hydrogens (tertiary/aromatic N) is 1. The molecule has 0 saturated heterocycles. The van der Waals surface area contributed by atoms with Gasteiger partial charge in [0.1, 0.15) is 5.76 Å². The van der Waals surface area contributed by atoms with E-state index in [1.54, 1.807) is 0 Å². The molecule has 0 bridgehead atoms. The Balaban J connectivity index is 2.30. The molecule has 1 unspecified atom stereocenters. The molecular weight excluding hydrogens is 188 g/mol. The summed E-state index contributed by atoms with van der Waals surface area (Å²) >= 11 is 0. The maximum Gasteiger partial charge on any atom is 0.114 e. The summed E-state index contributed by atoms with van der Waals surface area (Å²) in [7, 11) is 1.94. The summed E-state index contributed by atoms with van der Waals surface area (Å²) in [6, 6.07) is 4.19. The third kappa shape index (κ3) is 2.02. The maximum atomic E-state index is 5.59. The van der Waals surface area contributed by atoms with Crippen LogP contribution in [0.2, 0.25) is 0 Å². The minimum Gasteiger partial charge on any atom is -0.496 e. The highest BCUT2D eigenvalue weighted by molar-refractivity contribution is 5.29. The lowest BCUT2D eigenvalue weighted by Crippen LogP contribution is -2.20. The van der Waals surface area contributed by atoms with E-state index >= 15 is 0 Å². The van der Waals surface area contributed by atoms with Gasteiger partial charge in [-0.2, -0.15) is 0 Å². The first-order valence-corrected chi connectivity index (χ1v) is 5.24. The van der Waals surface area contributed by atoms with Gasteiger partial charge in [-0.1, -0.05) is 6.07 Å². The molecule has 0 amide bonds. The highest BCUT2D eigenvalue weighted by Crippen LogP contribution is 2.27. The van der Waals surface area contributed by atoms with Gasteiger partial charge in [-0.05, 0) is 31.7 Å². The van der Waals surface area contributed by atoms with Gasteiger partial charge >= 0.3 is 0 Å². The van der Waals surface area contributed by atoms with E-state index in [9.17, 15) is 0 Å². The summed E-state index contributed by atoms with van der Waals surface area (Å²) in [4.78, 5) is 4.30. The van der Waals surface area contributed by atoms with Gasteiger partial charge in [0, 0.05) is 18.3 Å². The van der Waals surface area contributed by atoms with E-state index in [1.165, 1.54) is 5.56 Å². The van der Waals surface area contributed by atoms with E-state index in [0.717, 1.165) is 24.5 Å². The van der Waals surface area contributed by atoms with Gasteiger partial charge in [-0.25, -0.2) is 0 Å². The number of hydrogen-bond donors (Lipinski definition) is 1. The number of rotatable bonds is 3. The zero-order valence-corrected chi connectivity index (χ0v) is 9.16. The molecule has 1 atom stereocenters. The third-order valence-corrected chi connectivity index (χ3v) is 2.66. The van der Waals surface area contributed by atoms with Gasteiger partial charge in [0.05, 0.1) is 12.6 Å². The van der Waals surface area contributed by atoms with Crippen molar-refractivity contribution in [3.8, 4) is 0 Å². The lowest BCUT2D eigenvalue weighted by atomic mass is 10.0. The topological polar surface area (TPSA) is 34.1 Å². The molecule has 1 aliphatic rings. The molecule has 1 aromatic rings. The number of aromatic nitrogens is 1. The van der Waals surface area contributed by atoms with Crippen LogP contribution in [0.4, 0.5) is 0 Å². The smallest absolute Gasteiger partial charge is 0.114 e. The molecule has 1 aromatic heterocycles. The van der Waals surface area contributed by atoms with Crippen LogP contribution in [0.5, 0.6) is 0 Å². The van der Waals surface area contributed by atoms with Crippen molar-refractivity contribution in [1.82, 2.24) is 10.3 Å². The molecule has 0 aliphatic carbocycles. The van der Waals surface area contributed by atoms with E-state index in [4.69, 9.17) is 4.74 Å². The molecule has 15 heavy (non-hydrogen) atoms. The van der Waals surface area contributed by atoms with Crippen LogP contribution in [0.25, 0.3) is 0 Å². The van der Waals surface area contributed by atoms with Crippen LogP contribution in [-0.2, 0) is 4.74 Å². The van der Waals surface area contributed by atoms with Crippen molar-refractivity contribution in [1.29, 1.82) is 0 Å². The van der Waals surface area contributed by atoms with Crippen molar-refractivity contribution in [2.24, 2.45) is 0 Å². The highest BCUT2D eigenvalue weighted by atomic mass is 16.5. The fourth-order valence-electron chi connectivity index (χ4n) is 1.89. The molecule has 0 aromatic carbocycles. The van der Waals surface area contributed by atoms with Crippen LogP contribution in [0.3, 0.4) is 0 Å². The predicted octanol–water partition coefficient (Wildman–Crippen LogP) is 1.95. The van der Waals surface area contributed by atoms with E-state index in [-0.39, 0.29) is 6.04 Å². The Bertz CT molecular complexity index is 374. The van der Waals surface area contributed by atoms with Crippen molar-refractivity contribution in [2.75, 3.05) is 13.7 Å². The molecule has 1 N–H and O–H groups in total. The Kier molecular flexibility index (Phi) is 3.02. The molecule has 3 heteroatoms. The largest absolute Gasteiger partial charge is 0.496 e. The summed E-state index contributed by atoms with van der Waals surface area (Å²) in [5.74, 6) is 1.02. The Hall–Kier alpha value is -1.35. The number of likely N-dealkylation sites (N-methyl/N-ethyl adjacent to an activating group) is 1.